The average molecular weight is 525 g/mol. The molecule has 0 aliphatic carbocycles. The second-order valence-electron chi connectivity index (χ2n) is 11.0. The molecule has 1 amide bonds. The second kappa shape index (κ2) is 11.2. The minimum absolute atomic E-state index is 0.00733. The third-order valence-corrected chi connectivity index (χ3v) is 9.79. The fourth-order valence-corrected chi connectivity index (χ4v) is 8.14. The number of para-hydroxylation sites is 1. The summed E-state index contributed by atoms with van der Waals surface area (Å²) >= 11 is 0. The molecule has 3 aliphatic heterocycles. The Morgan fingerprint density at radius 1 is 0.838 bits per heavy atom. The van der Waals surface area contributed by atoms with Gasteiger partial charge in [0.2, 0.25) is 15.9 Å². The minimum atomic E-state index is -3.35. The van der Waals surface area contributed by atoms with E-state index in [0.717, 1.165) is 69.7 Å². The van der Waals surface area contributed by atoms with E-state index in [-0.39, 0.29) is 18.0 Å². The Bertz CT molecular complexity index is 1180. The lowest BCUT2D eigenvalue weighted by molar-refractivity contribution is -0.116. The van der Waals surface area contributed by atoms with E-state index in [2.05, 4.69) is 46.2 Å². The van der Waals surface area contributed by atoms with Crippen LogP contribution in [0.3, 0.4) is 0 Å². The molecule has 3 heterocycles. The summed E-state index contributed by atoms with van der Waals surface area (Å²) in [6, 6.07) is 19.2. The molecule has 3 aliphatic rings. The smallest absolute Gasteiger partial charge is 0.223 e. The van der Waals surface area contributed by atoms with Crippen LogP contribution in [0.5, 0.6) is 0 Å². The molecule has 37 heavy (non-hydrogen) atoms. The van der Waals surface area contributed by atoms with Gasteiger partial charge in [-0.05, 0) is 62.4 Å². The molecule has 200 valence electrons. The van der Waals surface area contributed by atoms with Crippen LogP contribution in [0.25, 0.3) is 0 Å². The van der Waals surface area contributed by atoms with Crippen LogP contribution in [-0.4, -0.2) is 79.0 Å². The zero-order valence-electron chi connectivity index (χ0n) is 22.1. The number of likely N-dealkylation sites (tertiary alicyclic amines) is 1. The van der Waals surface area contributed by atoms with Gasteiger partial charge in [0, 0.05) is 56.9 Å². The lowest BCUT2D eigenvalue weighted by Crippen LogP contribution is -2.50. The van der Waals surface area contributed by atoms with Crippen molar-refractivity contribution in [2.45, 2.75) is 70.2 Å². The normalized spacial score (nSPS) is 25.0. The maximum atomic E-state index is 12.9. The van der Waals surface area contributed by atoms with Crippen molar-refractivity contribution in [2.75, 3.05) is 37.3 Å². The molecular weight excluding hydrogens is 484 g/mol. The van der Waals surface area contributed by atoms with Gasteiger partial charge in [-0.1, -0.05) is 48.5 Å². The predicted octanol–water partition coefficient (Wildman–Crippen LogP) is 3.70. The summed E-state index contributed by atoms with van der Waals surface area (Å²) < 4.78 is 27.7. The number of sulfonamides is 1. The van der Waals surface area contributed by atoms with E-state index in [1.54, 1.807) is 11.2 Å². The molecule has 0 aromatic heterocycles. The van der Waals surface area contributed by atoms with Crippen LogP contribution in [0.1, 0.15) is 50.2 Å². The molecule has 8 heteroatoms. The van der Waals surface area contributed by atoms with Gasteiger partial charge in [0.25, 0.3) is 0 Å². The summed E-state index contributed by atoms with van der Waals surface area (Å²) in [4.78, 5) is 19.6. The molecule has 7 nitrogen and oxygen atoms in total. The van der Waals surface area contributed by atoms with E-state index >= 15 is 0 Å². The van der Waals surface area contributed by atoms with Crippen molar-refractivity contribution >= 4 is 21.6 Å². The molecule has 0 N–H and O–H groups in total. The number of nitrogens with zero attached hydrogens (tertiary/aromatic N) is 4. The Morgan fingerprint density at radius 3 is 2.19 bits per heavy atom. The zero-order chi connectivity index (χ0) is 26.0. The topological polar surface area (TPSA) is 64.2 Å². The van der Waals surface area contributed by atoms with E-state index in [1.165, 1.54) is 11.8 Å². The maximum Gasteiger partial charge on any atom is 0.223 e. The number of fused-ring (bicyclic) bond motifs is 3. The number of hydrogen-bond donors (Lipinski definition) is 0. The van der Waals surface area contributed by atoms with Crippen molar-refractivity contribution in [1.29, 1.82) is 0 Å². The first-order valence-corrected chi connectivity index (χ1v) is 15.5. The Balaban J connectivity index is 1.41. The summed E-state index contributed by atoms with van der Waals surface area (Å²) in [6.07, 6.45) is 5.86. The minimum Gasteiger partial charge on any atom is -0.312 e. The van der Waals surface area contributed by atoms with Crippen LogP contribution in [0.4, 0.5) is 5.69 Å². The highest BCUT2D eigenvalue weighted by atomic mass is 32.2. The van der Waals surface area contributed by atoms with E-state index in [1.807, 2.05) is 23.1 Å². The van der Waals surface area contributed by atoms with Crippen LogP contribution >= 0.6 is 0 Å². The number of hydrogen-bond acceptors (Lipinski definition) is 5. The fourth-order valence-electron chi connectivity index (χ4n) is 6.67. The van der Waals surface area contributed by atoms with Gasteiger partial charge in [0.05, 0.1) is 6.26 Å². The lowest BCUT2D eigenvalue weighted by Gasteiger charge is -2.41. The maximum absolute atomic E-state index is 12.9. The summed E-state index contributed by atoms with van der Waals surface area (Å²) in [5.41, 5.74) is 3.45. The van der Waals surface area contributed by atoms with Crippen LogP contribution in [-0.2, 0) is 27.9 Å². The summed E-state index contributed by atoms with van der Waals surface area (Å²) in [5.74, 6) is 0.00733. The second-order valence-corrected chi connectivity index (χ2v) is 12.9. The number of benzene rings is 2. The number of rotatable bonds is 4. The van der Waals surface area contributed by atoms with Crippen LogP contribution in [0.2, 0.25) is 0 Å². The van der Waals surface area contributed by atoms with Gasteiger partial charge in [0.15, 0.2) is 0 Å². The molecular formula is C29H40N4O3S. The van der Waals surface area contributed by atoms with E-state index in [4.69, 9.17) is 0 Å². The van der Waals surface area contributed by atoms with Gasteiger partial charge in [0.1, 0.15) is 0 Å². The van der Waals surface area contributed by atoms with Crippen molar-refractivity contribution in [3.05, 3.63) is 65.7 Å². The molecule has 2 bridgehead atoms. The largest absolute Gasteiger partial charge is 0.312 e. The molecule has 0 saturated carbocycles. The van der Waals surface area contributed by atoms with E-state index in [9.17, 15) is 13.2 Å². The molecule has 2 aromatic rings. The predicted molar refractivity (Wildman–Crippen MR) is 148 cm³/mol. The van der Waals surface area contributed by atoms with Gasteiger partial charge in [-0.3, -0.25) is 14.6 Å². The molecule has 0 radical (unpaired) electrons. The van der Waals surface area contributed by atoms with Gasteiger partial charge in [-0.25, -0.2) is 8.42 Å². The third kappa shape index (κ3) is 6.08. The summed E-state index contributed by atoms with van der Waals surface area (Å²) in [7, 11) is -3.35. The fraction of sp³-hybridized carbons (Fsp3) is 0.552. The van der Waals surface area contributed by atoms with Crippen LogP contribution in [0, 0.1) is 0 Å². The Kier molecular flexibility index (Phi) is 8.00. The standard InChI is InChI=1S/C29H40N4O3S/c1-23(34)32-19-16-27-12-13-28(33(27)37(2,35)36)22-31(21-25-10-6-7-11-29(25)32)26-14-17-30(18-15-26)20-24-8-4-3-5-9-24/h3-11,26-28H,12-22H2,1-2H3/t27-,28+/m1/s1. The van der Waals surface area contributed by atoms with Gasteiger partial charge >= 0.3 is 0 Å². The van der Waals surface area contributed by atoms with Crippen molar-refractivity contribution < 1.29 is 13.2 Å². The molecule has 2 fully saturated rings. The Hall–Kier alpha value is -2.26. The van der Waals surface area contributed by atoms with E-state index in [0.29, 0.717) is 19.0 Å². The number of piperidine rings is 1. The molecule has 0 spiro atoms. The summed E-state index contributed by atoms with van der Waals surface area (Å²) in [5, 5.41) is 0. The van der Waals surface area contributed by atoms with E-state index < -0.39 is 10.0 Å². The first-order valence-electron chi connectivity index (χ1n) is 13.6. The zero-order valence-corrected chi connectivity index (χ0v) is 22.9. The molecule has 2 saturated heterocycles. The Labute approximate surface area is 222 Å². The molecule has 2 atom stereocenters. The number of carbonyl (C=O) groups excluding carboxylic acids is 1. The van der Waals surface area contributed by atoms with Crippen molar-refractivity contribution in [1.82, 2.24) is 14.1 Å². The monoisotopic (exact) mass is 524 g/mol. The lowest BCUT2D eigenvalue weighted by atomic mass is 9.99. The SMILES string of the molecule is CC(=O)N1CC[C@H]2CC[C@@H](CN(C3CCN(Cc4ccccc4)CC3)Cc3ccccc31)N2S(C)(=O)=O. The van der Waals surface area contributed by atoms with Crippen molar-refractivity contribution in [2.24, 2.45) is 0 Å². The number of anilines is 1. The first kappa shape index (κ1) is 26.4. The number of amides is 1. The first-order chi connectivity index (χ1) is 17.8. The van der Waals surface area contributed by atoms with Gasteiger partial charge in [-0.2, -0.15) is 4.31 Å². The molecule has 5 rings (SSSR count). The molecule has 2 aromatic carbocycles. The summed E-state index contributed by atoms with van der Waals surface area (Å²) in [6.45, 7) is 6.64. The van der Waals surface area contributed by atoms with Gasteiger partial charge < -0.3 is 4.90 Å². The highest BCUT2D eigenvalue weighted by molar-refractivity contribution is 7.88. The molecule has 0 unspecified atom stereocenters. The van der Waals surface area contributed by atoms with Gasteiger partial charge in [-0.15, -0.1) is 0 Å². The highest BCUT2D eigenvalue weighted by Crippen LogP contribution is 2.34. The average Bonchev–Trinajstić information content (AvgIpc) is 3.27. The van der Waals surface area contributed by atoms with Crippen LogP contribution in [0.15, 0.2) is 54.6 Å². The highest BCUT2D eigenvalue weighted by Gasteiger charge is 2.41. The quantitative estimate of drug-likeness (QED) is 0.610. The van der Waals surface area contributed by atoms with Crippen molar-refractivity contribution in [3.63, 3.8) is 0 Å². The van der Waals surface area contributed by atoms with Crippen molar-refractivity contribution in [3.8, 4) is 0 Å². The third-order valence-electron chi connectivity index (χ3n) is 8.43. The Morgan fingerprint density at radius 2 is 1.49 bits per heavy atom. The number of carbonyl (C=O) groups is 1. The van der Waals surface area contributed by atoms with Crippen LogP contribution < -0.4 is 4.90 Å².